The van der Waals surface area contributed by atoms with Gasteiger partial charge < -0.3 is 21.2 Å². The van der Waals surface area contributed by atoms with E-state index in [1.165, 1.54) is 21.6 Å². The number of aldehydes is 1. The molecule has 0 aliphatic heterocycles. The van der Waals surface area contributed by atoms with Gasteiger partial charge in [-0.05, 0) is 7.05 Å². The van der Waals surface area contributed by atoms with Crippen LogP contribution < -0.4 is 16.4 Å². The first-order valence-corrected chi connectivity index (χ1v) is 7.52. The number of nitrogens with two attached hydrogens (primary N) is 1. The van der Waals surface area contributed by atoms with Crippen molar-refractivity contribution in [1.82, 2.24) is 10.6 Å². The molecule has 4 N–H and O–H groups in total. The van der Waals surface area contributed by atoms with Crippen LogP contribution in [-0.4, -0.2) is 49.2 Å². The summed E-state index contributed by atoms with van der Waals surface area (Å²) in [5.74, 6) is 0.659. The van der Waals surface area contributed by atoms with Crippen molar-refractivity contribution in [2.45, 2.75) is 12.5 Å². The molecule has 17 heavy (non-hydrogen) atoms. The lowest BCUT2D eigenvalue weighted by atomic mass is 10.3. The molecule has 0 aromatic rings. The standard InChI is InChI=1S/C9H17N3O3S2/c1-11-7(9(10)15)6-17-16-5-2-8(14)12-3-4-13/h4,7,11H,2-3,5-6H2,1H3,(H2,10,15)(H,12,14)/t7-/m1/s1. The number of carbonyl (C=O) groups is 3. The van der Waals surface area contributed by atoms with Crippen LogP contribution in [0, 0.1) is 0 Å². The second-order valence-electron chi connectivity index (χ2n) is 3.07. The second kappa shape index (κ2) is 10.4. The molecule has 0 heterocycles. The number of primary amides is 1. The van der Waals surface area contributed by atoms with Crippen LogP contribution in [0.2, 0.25) is 0 Å². The fourth-order valence-corrected chi connectivity index (χ4v) is 3.11. The van der Waals surface area contributed by atoms with E-state index in [1.807, 2.05) is 0 Å². The summed E-state index contributed by atoms with van der Waals surface area (Å²) >= 11 is 0. The van der Waals surface area contributed by atoms with E-state index in [9.17, 15) is 14.4 Å². The summed E-state index contributed by atoms with van der Waals surface area (Å²) in [6, 6.07) is -0.351. The second-order valence-corrected chi connectivity index (χ2v) is 5.70. The van der Waals surface area contributed by atoms with Gasteiger partial charge in [0.1, 0.15) is 6.29 Å². The zero-order valence-corrected chi connectivity index (χ0v) is 11.2. The molecule has 6 nitrogen and oxygen atoms in total. The van der Waals surface area contributed by atoms with Gasteiger partial charge >= 0.3 is 0 Å². The van der Waals surface area contributed by atoms with Crippen LogP contribution in [0.1, 0.15) is 6.42 Å². The van der Waals surface area contributed by atoms with Crippen LogP contribution >= 0.6 is 21.6 Å². The fourth-order valence-electron chi connectivity index (χ4n) is 0.861. The summed E-state index contributed by atoms with van der Waals surface area (Å²) in [5.41, 5.74) is 5.14. The number of rotatable bonds is 10. The average Bonchev–Trinajstić information content (AvgIpc) is 2.30. The first-order valence-electron chi connectivity index (χ1n) is 5.03. The molecule has 0 unspecified atom stereocenters. The number of likely N-dealkylation sites (N-methyl/N-ethyl adjacent to an activating group) is 1. The predicted molar refractivity (Wildman–Crippen MR) is 70.6 cm³/mol. The van der Waals surface area contributed by atoms with Crippen molar-refractivity contribution >= 4 is 39.7 Å². The number of carbonyl (C=O) groups excluding carboxylic acids is 3. The number of hydrogen-bond acceptors (Lipinski definition) is 6. The summed E-state index contributed by atoms with van der Waals surface area (Å²) in [5, 5.41) is 5.25. The van der Waals surface area contributed by atoms with Crippen LogP contribution in [0.3, 0.4) is 0 Å². The van der Waals surface area contributed by atoms with Crippen molar-refractivity contribution in [2.24, 2.45) is 5.73 Å². The molecule has 98 valence electrons. The van der Waals surface area contributed by atoms with Gasteiger partial charge in [0.25, 0.3) is 0 Å². The summed E-state index contributed by atoms with van der Waals surface area (Å²) in [4.78, 5) is 31.9. The van der Waals surface area contributed by atoms with Crippen molar-refractivity contribution in [3.05, 3.63) is 0 Å². The molecule has 0 spiro atoms. The highest BCUT2D eigenvalue weighted by molar-refractivity contribution is 8.76. The maximum absolute atomic E-state index is 11.1. The Balaban J connectivity index is 3.48. The molecule has 0 aromatic carbocycles. The molecule has 0 fully saturated rings. The van der Waals surface area contributed by atoms with E-state index in [0.29, 0.717) is 24.2 Å². The highest BCUT2D eigenvalue weighted by Gasteiger charge is 2.12. The zero-order chi connectivity index (χ0) is 13.1. The third-order valence-electron chi connectivity index (χ3n) is 1.80. The van der Waals surface area contributed by atoms with Gasteiger partial charge in [-0.2, -0.15) is 0 Å². The van der Waals surface area contributed by atoms with Gasteiger partial charge in [0.15, 0.2) is 0 Å². The van der Waals surface area contributed by atoms with Gasteiger partial charge in [-0.15, -0.1) is 0 Å². The Bertz CT molecular complexity index is 264. The molecule has 0 aliphatic carbocycles. The Morgan fingerprint density at radius 3 is 2.65 bits per heavy atom. The molecular formula is C9H17N3O3S2. The lowest BCUT2D eigenvalue weighted by Crippen LogP contribution is -2.40. The first-order chi connectivity index (χ1) is 8.11. The van der Waals surface area contributed by atoms with Crippen LogP contribution in [0.5, 0.6) is 0 Å². The monoisotopic (exact) mass is 279 g/mol. The Labute approximate surface area is 108 Å². The van der Waals surface area contributed by atoms with E-state index in [-0.39, 0.29) is 24.4 Å². The van der Waals surface area contributed by atoms with Crippen molar-refractivity contribution in [3.63, 3.8) is 0 Å². The molecule has 0 aliphatic rings. The van der Waals surface area contributed by atoms with Crippen LogP contribution in [0.15, 0.2) is 0 Å². The van der Waals surface area contributed by atoms with Gasteiger partial charge in [-0.3, -0.25) is 9.59 Å². The number of nitrogens with one attached hydrogen (secondary N) is 2. The van der Waals surface area contributed by atoms with Crippen LogP contribution in [0.4, 0.5) is 0 Å². The fraction of sp³-hybridized carbons (Fsp3) is 0.667. The third kappa shape index (κ3) is 9.02. The van der Waals surface area contributed by atoms with Gasteiger partial charge in [-0.1, -0.05) is 21.6 Å². The SMILES string of the molecule is CN[C@H](CSSCCC(=O)NCC=O)C(N)=O. The third-order valence-corrected chi connectivity index (χ3v) is 4.22. The molecule has 2 amide bonds. The van der Waals surface area contributed by atoms with Crippen molar-refractivity contribution in [2.75, 3.05) is 25.1 Å². The van der Waals surface area contributed by atoms with Crippen molar-refractivity contribution in [1.29, 1.82) is 0 Å². The summed E-state index contributed by atoms with van der Waals surface area (Å²) in [6.07, 6.45) is 0.996. The Morgan fingerprint density at radius 2 is 2.12 bits per heavy atom. The molecule has 0 aromatic heterocycles. The van der Waals surface area contributed by atoms with Crippen LogP contribution in [0.25, 0.3) is 0 Å². The average molecular weight is 279 g/mol. The molecule has 0 saturated carbocycles. The van der Waals surface area contributed by atoms with E-state index in [4.69, 9.17) is 5.73 Å². The lowest BCUT2D eigenvalue weighted by Gasteiger charge is -2.10. The number of amides is 2. The Morgan fingerprint density at radius 1 is 1.41 bits per heavy atom. The van der Waals surface area contributed by atoms with Gasteiger partial charge in [-0.25, -0.2) is 0 Å². The highest BCUT2D eigenvalue weighted by Crippen LogP contribution is 2.22. The topological polar surface area (TPSA) is 101 Å². The normalized spacial score (nSPS) is 11.8. The first kappa shape index (κ1) is 16.3. The van der Waals surface area contributed by atoms with E-state index >= 15 is 0 Å². The predicted octanol–water partition coefficient (Wildman–Crippen LogP) is -0.854. The zero-order valence-electron chi connectivity index (χ0n) is 9.60. The van der Waals surface area contributed by atoms with E-state index < -0.39 is 0 Å². The molecule has 0 bridgehead atoms. The quantitative estimate of drug-likeness (QED) is 0.273. The van der Waals surface area contributed by atoms with E-state index in [0.717, 1.165) is 0 Å². The lowest BCUT2D eigenvalue weighted by molar-refractivity contribution is -0.122. The number of hydrogen-bond donors (Lipinski definition) is 3. The Hall–Kier alpha value is -0.730. The molecule has 0 radical (unpaired) electrons. The van der Waals surface area contributed by atoms with Gasteiger partial charge in [0.2, 0.25) is 11.8 Å². The minimum Gasteiger partial charge on any atom is -0.368 e. The molecule has 8 heteroatoms. The smallest absolute Gasteiger partial charge is 0.235 e. The minimum atomic E-state index is -0.385. The van der Waals surface area contributed by atoms with Crippen LogP contribution in [-0.2, 0) is 14.4 Å². The highest BCUT2D eigenvalue weighted by atomic mass is 33.1. The largest absolute Gasteiger partial charge is 0.368 e. The van der Waals surface area contributed by atoms with Crippen molar-refractivity contribution in [3.8, 4) is 0 Å². The maximum Gasteiger partial charge on any atom is 0.235 e. The molecule has 1 atom stereocenters. The van der Waals surface area contributed by atoms with Gasteiger partial charge in [0.05, 0.1) is 12.6 Å². The minimum absolute atomic E-state index is 0.0557. The summed E-state index contributed by atoms with van der Waals surface area (Å²) < 4.78 is 0. The Kier molecular flexibility index (Phi) is 9.98. The van der Waals surface area contributed by atoms with Gasteiger partial charge in [0, 0.05) is 17.9 Å². The maximum atomic E-state index is 11.1. The molecular weight excluding hydrogens is 262 g/mol. The molecule has 0 rings (SSSR count). The van der Waals surface area contributed by atoms with Crippen molar-refractivity contribution < 1.29 is 14.4 Å². The summed E-state index contributed by atoms with van der Waals surface area (Å²) in [6.45, 7) is 0.0557. The van der Waals surface area contributed by atoms with E-state index in [1.54, 1.807) is 7.05 Å². The summed E-state index contributed by atoms with van der Waals surface area (Å²) in [7, 11) is 4.65. The van der Waals surface area contributed by atoms with E-state index in [2.05, 4.69) is 10.6 Å². The molecule has 0 saturated heterocycles.